The molecular formula is C16H25N3O. The van der Waals surface area contributed by atoms with E-state index in [1.54, 1.807) is 4.90 Å². The minimum absolute atomic E-state index is 0.158. The van der Waals surface area contributed by atoms with Crippen LogP contribution in [-0.2, 0) is 11.2 Å². The number of nitrogens with one attached hydrogen (secondary N) is 1. The van der Waals surface area contributed by atoms with Gasteiger partial charge in [-0.25, -0.2) is 0 Å². The highest BCUT2D eigenvalue weighted by Gasteiger charge is 2.20. The molecule has 1 heterocycles. The maximum Gasteiger partial charge on any atom is 0.241 e. The summed E-state index contributed by atoms with van der Waals surface area (Å²) in [6, 6.07) is 6.97. The fourth-order valence-corrected chi connectivity index (χ4v) is 2.60. The molecule has 20 heavy (non-hydrogen) atoms. The van der Waals surface area contributed by atoms with Crippen molar-refractivity contribution in [3.05, 3.63) is 29.3 Å². The topological polar surface area (TPSA) is 35.6 Å². The largest absolute Gasteiger partial charge is 0.362 e. The first-order valence-corrected chi connectivity index (χ1v) is 7.28. The number of rotatable bonds is 4. The quantitative estimate of drug-likeness (QED) is 0.910. The molecule has 0 saturated carbocycles. The van der Waals surface area contributed by atoms with E-state index in [0.717, 1.165) is 19.4 Å². The van der Waals surface area contributed by atoms with Crippen molar-refractivity contribution in [3.63, 3.8) is 0 Å². The lowest BCUT2D eigenvalue weighted by Gasteiger charge is -2.32. The second kappa shape index (κ2) is 6.27. The third-order valence-electron chi connectivity index (χ3n) is 4.08. The fraction of sp³-hybridized carbons (Fsp3) is 0.562. The van der Waals surface area contributed by atoms with Gasteiger partial charge in [0.2, 0.25) is 5.91 Å². The van der Waals surface area contributed by atoms with Gasteiger partial charge in [0.15, 0.2) is 0 Å². The molecule has 1 atom stereocenters. The molecule has 1 unspecified atom stereocenters. The summed E-state index contributed by atoms with van der Waals surface area (Å²) < 4.78 is 0. The van der Waals surface area contributed by atoms with Crippen LogP contribution in [0.3, 0.4) is 0 Å². The Bertz CT molecular complexity index is 485. The highest BCUT2D eigenvalue weighted by molar-refractivity contribution is 5.81. The number of likely N-dealkylation sites (N-methyl/N-ethyl adjacent to an activating group) is 1. The van der Waals surface area contributed by atoms with Gasteiger partial charge in [0.05, 0.1) is 6.54 Å². The standard InChI is InChI=1S/C16H25N3O/c1-12(17-2)13-7-8-15-14(10-13)6-5-9-19(15)11-16(20)18(3)4/h7-8,10,12,17H,5-6,9,11H2,1-4H3. The summed E-state index contributed by atoms with van der Waals surface area (Å²) >= 11 is 0. The van der Waals surface area contributed by atoms with E-state index >= 15 is 0 Å². The summed E-state index contributed by atoms with van der Waals surface area (Å²) in [6.07, 6.45) is 2.22. The van der Waals surface area contributed by atoms with Crippen LogP contribution < -0.4 is 10.2 Å². The first kappa shape index (κ1) is 14.9. The summed E-state index contributed by atoms with van der Waals surface area (Å²) in [6.45, 7) is 3.60. The first-order chi connectivity index (χ1) is 9.52. The molecular weight excluding hydrogens is 250 g/mol. The van der Waals surface area contributed by atoms with Crippen LogP contribution in [0.25, 0.3) is 0 Å². The number of aryl methyl sites for hydroxylation is 1. The molecule has 0 aliphatic carbocycles. The van der Waals surface area contributed by atoms with Crippen molar-refractivity contribution in [2.45, 2.75) is 25.8 Å². The van der Waals surface area contributed by atoms with Gasteiger partial charge in [-0.1, -0.05) is 12.1 Å². The van der Waals surface area contributed by atoms with Gasteiger partial charge in [0.25, 0.3) is 0 Å². The second-order valence-corrected chi connectivity index (χ2v) is 5.71. The fourth-order valence-electron chi connectivity index (χ4n) is 2.60. The van der Waals surface area contributed by atoms with Crippen molar-refractivity contribution in [3.8, 4) is 0 Å². The molecule has 1 aliphatic rings. The molecule has 1 aromatic carbocycles. The minimum atomic E-state index is 0.158. The van der Waals surface area contributed by atoms with Crippen LogP contribution in [0.4, 0.5) is 5.69 Å². The SMILES string of the molecule is CNC(C)c1ccc2c(c1)CCCN2CC(=O)N(C)C. The van der Waals surface area contributed by atoms with E-state index in [2.05, 4.69) is 35.3 Å². The van der Waals surface area contributed by atoms with Gasteiger partial charge < -0.3 is 15.1 Å². The van der Waals surface area contributed by atoms with Gasteiger partial charge in [0, 0.05) is 32.4 Å². The molecule has 1 aromatic rings. The van der Waals surface area contributed by atoms with Crippen molar-refractivity contribution in [1.82, 2.24) is 10.2 Å². The molecule has 2 rings (SSSR count). The zero-order valence-corrected chi connectivity index (χ0v) is 12.9. The van der Waals surface area contributed by atoms with Crippen LogP contribution in [0.15, 0.2) is 18.2 Å². The molecule has 1 N–H and O–H groups in total. The Balaban J connectivity index is 2.21. The lowest BCUT2D eigenvalue weighted by Crippen LogP contribution is -2.39. The average Bonchev–Trinajstić information content (AvgIpc) is 2.46. The summed E-state index contributed by atoms with van der Waals surface area (Å²) in [4.78, 5) is 15.8. The third kappa shape index (κ3) is 3.12. The van der Waals surface area contributed by atoms with Gasteiger partial charge in [-0.2, -0.15) is 0 Å². The monoisotopic (exact) mass is 275 g/mol. The predicted octanol–water partition coefficient (Wildman–Crippen LogP) is 1.81. The lowest BCUT2D eigenvalue weighted by atomic mass is 9.97. The minimum Gasteiger partial charge on any atom is -0.362 e. The molecule has 4 heteroatoms. The van der Waals surface area contributed by atoms with Crippen molar-refractivity contribution in [2.24, 2.45) is 0 Å². The van der Waals surface area contributed by atoms with Crippen LogP contribution in [0, 0.1) is 0 Å². The van der Waals surface area contributed by atoms with Gasteiger partial charge >= 0.3 is 0 Å². The van der Waals surface area contributed by atoms with Crippen molar-refractivity contribution >= 4 is 11.6 Å². The molecule has 1 amide bonds. The molecule has 0 saturated heterocycles. The summed E-state index contributed by atoms with van der Waals surface area (Å²) in [7, 11) is 5.60. The van der Waals surface area contributed by atoms with Crippen LogP contribution in [-0.4, -0.2) is 45.0 Å². The molecule has 0 aromatic heterocycles. The predicted molar refractivity (Wildman–Crippen MR) is 83.1 cm³/mol. The Kier molecular flexibility index (Phi) is 4.65. The maximum absolute atomic E-state index is 11.9. The van der Waals surface area contributed by atoms with Crippen molar-refractivity contribution in [2.75, 3.05) is 39.1 Å². The summed E-state index contributed by atoms with van der Waals surface area (Å²) in [5.41, 5.74) is 3.90. The molecule has 110 valence electrons. The molecule has 0 radical (unpaired) electrons. The zero-order chi connectivity index (χ0) is 14.7. The van der Waals surface area contributed by atoms with Crippen LogP contribution in [0.5, 0.6) is 0 Å². The van der Waals surface area contributed by atoms with Gasteiger partial charge in [-0.05, 0) is 44.0 Å². The second-order valence-electron chi connectivity index (χ2n) is 5.71. The van der Waals surface area contributed by atoms with E-state index < -0.39 is 0 Å². The van der Waals surface area contributed by atoms with Crippen LogP contribution in [0.2, 0.25) is 0 Å². The number of anilines is 1. The molecule has 0 bridgehead atoms. The summed E-state index contributed by atoms with van der Waals surface area (Å²) in [5, 5.41) is 3.27. The van der Waals surface area contributed by atoms with E-state index in [0.29, 0.717) is 12.6 Å². The number of nitrogens with zero attached hydrogens (tertiary/aromatic N) is 2. The third-order valence-corrected chi connectivity index (χ3v) is 4.08. The van der Waals surface area contributed by atoms with Crippen LogP contribution >= 0.6 is 0 Å². The smallest absolute Gasteiger partial charge is 0.241 e. The van der Waals surface area contributed by atoms with Crippen molar-refractivity contribution in [1.29, 1.82) is 0 Å². The number of benzene rings is 1. The molecule has 1 aliphatic heterocycles. The van der Waals surface area contributed by atoms with E-state index in [1.165, 1.54) is 16.8 Å². The Hall–Kier alpha value is -1.55. The highest BCUT2D eigenvalue weighted by Crippen LogP contribution is 2.29. The van der Waals surface area contributed by atoms with Gasteiger partial charge in [0.1, 0.15) is 0 Å². The molecule has 0 spiro atoms. The highest BCUT2D eigenvalue weighted by atomic mass is 16.2. The zero-order valence-electron chi connectivity index (χ0n) is 12.9. The average molecular weight is 275 g/mol. The number of amides is 1. The Morgan fingerprint density at radius 3 is 2.85 bits per heavy atom. The van der Waals surface area contributed by atoms with E-state index in [9.17, 15) is 4.79 Å². The molecule has 4 nitrogen and oxygen atoms in total. The number of hydrogen-bond acceptors (Lipinski definition) is 3. The maximum atomic E-state index is 11.9. The normalized spacial score (nSPS) is 15.7. The van der Waals surface area contributed by atoms with Gasteiger partial charge in [-0.3, -0.25) is 4.79 Å². The van der Waals surface area contributed by atoms with Crippen molar-refractivity contribution < 1.29 is 4.79 Å². The number of hydrogen-bond donors (Lipinski definition) is 1. The van der Waals surface area contributed by atoms with Crippen LogP contribution in [0.1, 0.15) is 30.5 Å². The summed E-state index contributed by atoms with van der Waals surface area (Å²) in [5.74, 6) is 0.158. The Morgan fingerprint density at radius 2 is 2.20 bits per heavy atom. The Morgan fingerprint density at radius 1 is 1.45 bits per heavy atom. The lowest BCUT2D eigenvalue weighted by molar-refractivity contribution is -0.127. The van der Waals surface area contributed by atoms with E-state index in [-0.39, 0.29) is 5.91 Å². The first-order valence-electron chi connectivity index (χ1n) is 7.28. The number of carbonyl (C=O) groups excluding carboxylic acids is 1. The van der Waals surface area contributed by atoms with Gasteiger partial charge in [-0.15, -0.1) is 0 Å². The van der Waals surface area contributed by atoms with E-state index in [1.807, 2.05) is 21.1 Å². The number of carbonyl (C=O) groups is 1. The molecule has 0 fully saturated rings. The van der Waals surface area contributed by atoms with E-state index in [4.69, 9.17) is 0 Å². The Labute approximate surface area is 121 Å². The number of fused-ring (bicyclic) bond motifs is 1.